The van der Waals surface area contributed by atoms with Crippen molar-refractivity contribution in [1.29, 1.82) is 0 Å². The highest BCUT2D eigenvalue weighted by Crippen LogP contribution is 2.38. The topological polar surface area (TPSA) is 84.9 Å². The summed E-state index contributed by atoms with van der Waals surface area (Å²) in [5.74, 6) is -0.645. The van der Waals surface area contributed by atoms with E-state index in [1.54, 1.807) is 42.5 Å². The molecular formula is C26H19BrClFN2O5S. The molecule has 3 amide bonds. The highest BCUT2D eigenvalue weighted by Gasteiger charge is 2.35. The van der Waals surface area contributed by atoms with Crippen molar-refractivity contribution >= 4 is 68.1 Å². The number of thioether (sulfide) groups is 1. The van der Waals surface area contributed by atoms with E-state index in [4.69, 9.17) is 21.1 Å². The predicted octanol–water partition coefficient (Wildman–Crippen LogP) is 6.50. The Labute approximate surface area is 229 Å². The molecule has 1 aliphatic heterocycles. The van der Waals surface area contributed by atoms with Gasteiger partial charge in [0.25, 0.3) is 17.1 Å². The minimum absolute atomic E-state index is 0.135. The minimum atomic E-state index is -0.441. The molecule has 1 fully saturated rings. The van der Waals surface area contributed by atoms with Gasteiger partial charge in [-0.25, -0.2) is 4.39 Å². The average molecular weight is 606 g/mol. The maximum Gasteiger partial charge on any atom is 0.293 e. The van der Waals surface area contributed by atoms with Crippen LogP contribution in [0, 0.1) is 5.82 Å². The van der Waals surface area contributed by atoms with Crippen LogP contribution in [0.25, 0.3) is 6.08 Å². The second-order valence-electron chi connectivity index (χ2n) is 7.76. The molecule has 0 aromatic heterocycles. The molecule has 37 heavy (non-hydrogen) atoms. The van der Waals surface area contributed by atoms with Crippen LogP contribution in [0.2, 0.25) is 5.02 Å². The number of amides is 3. The lowest BCUT2D eigenvalue weighted by Gasteiger charge is -2.13. The smallest absolute Gasteiger partial charge is 0.293 e. The molecule has 0 saturated carbocycles. The number of ether oxygens (including phenoxy) is 2. The molecule has 1 heterocycles. The van der Waals surface area contributed by atoms with Crippen LogP contribution >= 0.6 is 39.3 Å². The first-order chi connectivity index (χ1) is 17.7. The summed E-state index contributed by atoms with van der Waals surface area (Å²) in [4.78, 5) is 39.1. The number of rotatable bonds is 8. The third-order valence-electron chi connectivity index (χ3n) is 5.18. The zero-order valence-corrected chi connectivity index (χ0v) is 22.5. The molecule has 0 atom stereocenters. The highest BCUT2D eigenvalue weighted by molar-refractivity contribution is 9.10. The Kier molecular flexibility index (Phi) is 8.52. The molecule has 3 aromatic carbocycles. The number of imide groups is 1. The largest absolute Gasteiger partial charge is 0.493 e. The van der Waals surface area contributed by atoms with Gasteiger partial charge in [0.15, 0.2) is 18.1 Å². The summed E-state index contributed by atoms with van der Waals surface area (Å²) >= 11 is 10.2. The number of hydrogen-bond acceptors (Lipinski definition) is 6. The van der Waals surface area contributed by atoms with E-state index in [1.807, 2.05) is 0 Å². The Bertz CT molecular complexity index is 1380. The first-order valence-electron chi connectivity index (χ1n) is 10.8. The van der Waals surface area contributed by atoms with Gasteiger partial charge in [-0.05, 0) is 77.5 Å². The van der Waals surface area contributed by atoms with E-state index in [0.717, 1.165) is 17.3 Å². The van der Waals surface area contributed by atoms with E-state index in [9.17, 15) is 18.8 Å². The lowest BCUT2D eigenvalue weighted by Crippen LogP contribution is -2.27. The fourth-order valence-corrected chi connectivity index (χ4v) is 4.75. The summed E-state index contributed by atoms with van der Waals surface area (Å²) < 4.78 is 24.6. The molecule has 0 bridgehead atoms. The van der Waals surface area contributed by atoms with Gasteiger partial charge in [0.05, 0.1) is 18.6 Å². The molecule has 190 valence electrons. The van der Waals surface area contributed by atoms with Gasteiger partial charge in [-0.15, -0.1) is 0 Å². The summed E-state index contributed by atoms with van der Waals surface area (Å²) in [6.45, 7) is -0.181. The van der Waals surface area contributed by atoms with Crippen LogP contribution in [0.4, 0.5) is 14.9 Å². The van der Waals surface area contributed by atoms with Gasteiger partial charge in [0.1, 0.15) is 5.82 Å². The van der Waals surface area contributed by atoms with Crippen LogP contribution in [-0.2, 0) is 16.1 Å². The Morgan fingerprint density at radius 2 is 1.81 bits per heavy atom. The van der Waals surface area contributed by atoms with Crippen LogP contribution in [0.15, 0.2) is 70.0 Å². The van der Waals surface area contributed by atoms with E-state index in [2.05, 4.69) is 21.2 Å². The maximum absolute atomic E-state index is 13.0. The lowest BCUT2D eigenvalue weighted by molar-refractivity contribution is -0.123. The van der Waals surface area contributed by atoms with Gasteiger partial charge in [-0.2, -0.15) is 0 Å². The fraction of sp³-hybridized carbons (Fsp3) is 0.115. The van der Waals surface area contributed by atoms with E-state index in [-0.39, 0.29) is 29.0 Å². The summed E-state index contributed by atoms with van der Waals surface area (Å²) in [7, 11) is 1.44. The Morgan fingerprint density at radius 3 is 2.49 bits per heavy atom. The SMILES string of the molecule is COc1cc(/C=C2/SC(=O)N(Cc3ccc(Cl)cc3)C2=O)c(Br)cc1OCC(=O)Nc1ccc(F)cc1. The van der Waals surface area contributed by atoms with Crippen LogP contribution in [-0.4, -0.2) is 35.7 Å². The number of methoxy groups -OCH3 is 1. The normalized spacial score (nSPS) is 14.3. The van der Waals surface area contributed by atoms with Crippen LogP contribution in [0.1, 0.15) is 11.1 Å². The monoisotopic (exact) mass is 604 g/mol. The average Bonchev–Trinajstić information content (AvgIpc) is 3.14. The quantitative estimate of drug-likeness (QED) is 0.295. The lowest BCUT2D eigenvalue weighted by atomic mass is 10.1. The van der Waals surface area contributed by atoms with Crippen molar-refractivity contribution in [3.8, 4) is 11.5 Å². The molecule has 0 aliphatic carbocycles. The highest BCUT2D eigenvalue weighted by atomic mass is 79.9. The molecule has 3 aromatic rings. The zero-order valence-electron chi connectivity index (χ0n) is 19.3. The number of halogens is 3. The van der Waals surface area contributed by atoms with Crippen molar-refractivity contribution in [2.24, 2.45) is 0 Å². The number of nitrogens with one attached hydrogen (secondary N) is 1. The number of nitrogens with zero attached hydrogens (tertiary/aromatic N) is 1. The molecular weight excluding hydrogens is 587 g/mol. The van der Waals surface area contributed by atoms with Crippen molar-refractivity contribution in [3.63, 3.8) is 0 Å². The molecule has 0 unspecified atom stereocenters. The predicted molar refractivity (Wildman–Crippen MR) is 144 cm³/mol. The van der Waals surface area contributed by atoms with Crippen molar-refractivity contribution in [1.82, 2.24) is 4.90 Å². The second kappa shape index (κ2) is 11.8. The zero-order chi connectivity index (χ0) is 26.5. The fourth-order valence-electron chi connectivity index (χ4n) is 3.36. The van der Waals surface area contributed by atoms with Crippen molar-refractivity contribution in [2.75, 3.05) is 19.0 Å². The van der Waals surface area contributed by atoms with Gasteiger partial charge >= 0.3 is 0 Å². The van der Waals surface area contributed by atoms with E-state index in [0.29, 0.717) is 26.5 Å². The van der Waals surface area contributed by atoms with Gasteiger partial charge < -0.3 is 14.8 Å². The van der Waals surface area contributed by atoms with Crippen LogP contribution < -0.4 is 14.8 Å². The van der Waals surface area contributed by atoms with E-state index >= 15 is 0 Å². The van der Waals surface area contributed by atoms with E-state index < -0.39 is 17.6 Å². The molecule has 1 aliphatic rings. The first kappa shape index (κ1) is 26.7. The Hall–Kier alpha value is -3.34. The molecule has 1 N–H and O–H groups in total. The van der Waals surface area contributed by atoms with Crippen molar-refractivity contribution in [2.45, 2.75) is 6.54 Å². The summed E-state index contributed by atoms with van der Waals surface area (Å²) in [5, 5.41) is 2.80. The molecule has 7 nitrogen and oxygen atoms in total. The number of anilines is 1. The number of benzene rings is 3. The van der Waals surface area contributed by atoms with Crippen molar-refractivity contribution < 1.29 is 28.2 Å². The first-order valence-corrected chi connectivity index (χ1v) is 12.8. The summed E-state index contributed by atoms with van der Waals surface area (Å²) in [6.07, 6.45) is 1.59. The Balaban J connectivity index is 1.46. The van der Waals surface area contributed by atoms with Crippen LogP contribution in [0.3, 0.4) is 0 Å². The molecule has 0 radical (unpaired) electrons. The second-order valence-corrected chi connectivity index (χ2v) is 10.0. The number of carbonyl (C=O) groups excluding carboxylic acids is 3. The third kappa shape index (κ3) is 6.71. The standard InChI is InChI=1S/C26H19BrClFN2O5S/c1-35-21-10-16(11-23-25(33)31(26(34)37-23)13-15-2-4-17(28)5-3-15)20(27)12-22(21)36-14-24(32)30-19-8-6-18(29)7-9-19/h2-12H,13-14H2,1H3,(H,30,32)/b23-11+. The van der Waals surface area contributed by atoms with Gasteiger partial charge in [0, 0.05) is 15.2 Å². The third-order valence-corrected chi connectivity index (χ3v) is 7.03. The van der Waals surface area contributed by atoms with E-state index in [1.165, 1.54) is 36.3 Å². The molecule has 11 heteroatoms. The van der Waals surface area contributed by atoms with Gasteiger partial charge in [-0.3, -0.25) is 19.3 Å². The van der Waals surface area contributed by atoms with Crippen molar-refractivity contribution in [3.05, 3.63) is 92.0 Å². The molecule has 0 spiro atoms. The molecule has 4 rings (SSSR count). The van der Waals surface area contributed by atoms with Gasteiger partial charge in [0.2, 0.25) is 0 Å². The maximum atomic E-state index is 13.0. The number of hydrogen-bond donors (Lipinski definition) is 1. The van der Waals surface area contributed by atoms with Gasteiger partial charge in [-0.1, -0.05) is 39.7 Å². The summed E-state index contributed by atoms with van der Waals surface area (Å²) in [5.41, 5.74) is 1.79. The Morgan fingerprint density at radius 1 is 1.11 bits per heavy atom. The number of carbonyl (C=O) groups is 3. The summed E-state index contributed by atoms with van der Waals surface area (Å²) in [6, 6.07) is 15.5. The van der Waals surface area contributed by atoms with Crippen LogP contribution in [0.5, 0.6) is 11.5 Å². The molecule has 1 saturated heterocycles. The minimum Gasteiger partial charge on any atom is -0.493 e.